The lowest BCUT2D eigenvalue weighted by molar-refractivity contribution is -0.139. The van der Waals surface area contributed by atoms with Crippen LogP contribution in [0.15, 0.2) is 42.5 Å². The van der Waals surface area contributed by atoms with Crippen LogP contribution >= 0.6 is 0 Å². The fraction of sp³-hybridized carbons (Fsp3) is 0.0714. The van der Waals surface area contributed by atoms with E-state index < -0.39 is 29.1 Å². The second-order valence-corrected chi connectivity index (χ2v) is 4.02. The van der Waals surface area contributed by atoms with Crippen molar-refractivity contribution < 1.29 is 27.5 Å². The second kappa shape index (κ2) is 4.96. The molecule has 0 aliphatic carbocycles. The number of carboxylic acid groups (broad SMARTS) is 1. The van der Waals surface area contributed by atoms with Crippen LogP contribution in [0.25, 0.3) is 11.1 Å². The summed E-state index contributed by atoms with van der Waals surface area (Å²) in [5.74, 6) is -3.51. The topological polar surface area (TPSA) is 37.3 Å². The maximum absolute atomic E-state index is 13.9. The van der Waals surface area contributed by atoms with E-state index in [4.69, 9.17) is 5.11 Å². The zero-order valence-electron chi connectivity index (χ0n) is 9.91. The smallest absolute Gasteiger partial charge is 0.419 e. The molecule has 2 aromatic carbocycles. The van der Waals surface area contributed by atoms with E-state index in [-0.39, 0.29) is 11.1 Å². The zero-order chi connectivity index (χ0) is 14.9. The maximum Gasteiger partial charge on any atom is 0.419 e. The molecule has 6 heteroatoms. The lowest BCUT2D eigenvalue weighted by atomic mass is 9.96. The van der Waals surface area contributed by atoms with Gasteiger partial charge in [0, 0.05) is 0 Å². The van der Waals surface area contributed by atoms with Crippen LogP contribution in [0, 0.1) is 5.82 Å². The summed E-state index contributed by atoms with van der Waals surface area (Å²) in [6.07, 6.45) is -4.99. The van der Waals surface area contributed by atoms with Crippen LogP contribution in [-0.2, 0) is 6.18 Å². The lowest BCUT2D eigenvalue weighted by Gasteiger charge is -2.15. The van der Waals surface area contributed by atoms with E-state index in [0.29, 0.717) is 0 Å². The van der Waals surface area contributed by atoms with Crippen molar-refractivity contribution in [2.24, 2.45) is 0 Å². The number of carboxylic acids is 1. The van der Waals surface area contributed by atoms with E-state index in [9.17, 15) is 22.4 Å². The SMILES string of the molecule is O=C(O)c1ccc(-c2ccccc2)c(C(F)(F)F)c1F. The fourth-order valence-corrected chi connectivity index (χ4v) is 1.88. The van der Waals surface area contributed by atoms with E-state index >= 15 is 0 Å². The minimum atomic E-state index is -4.99. The Morgan fingerprint density at radius 3 is 2.10 bits per heavy atom. The van der Waals surface area contributed by atoms with Crippen LogP contribution in [0.3, 0.4) is 0 Å². The second-order valence-electron chi connectivity index (χ2n) is 4.02. The van der Waals surface area contributed by atoms with E-state index in [1.54, 1.807) is 6.07 Å². The molecule has 2 rings (SSSR count). The molecule has 0 spiro atoms. The lowest BCUT2D eigenvalue weighted by Crippen LogP contribution is -2.14. The van der Waals surface area contributed by atoms with Gasteiger partial charge < -0.3 is 5.11 Å². The van der Waals surface area contributed by atoms with Crippen molar-refractivity contribution in [2.75, 3.05) is 0 Å². The highest BCUT2D eigenvalue weighted by Gasteiger charge is 2.39. The van der Waals surface area contributed by atoms with Gasteiger partial charge in [0.1, 0.15) is 0 Å². The Bertz CT molecular complexity index is 648. The molecule has 0 atom stereocenters. The van der Waals surface area contributed by atoms with E-state index in [2.05, 4.69) is 0 Å². The first-order valence-corrected chi connectivity index (χ1v) is 5.51. The van der Waals surface area contributed by atoms with E-state index in [0.717, 1.165) is 12.1 Å². The Balaban J connectivity index is 2.77. The molecule has 0 aliphatic heterocycles. The maximum atomic E-state index is 13.9. The molecule has 0 aliphatic rings. The molecule has 104 valence electrons. The van der Waals surface area contributed by atoms with Crippen molar-refractivity contribution in [1.82, 2.24) is 0 Å². The van der Waals surface area contributed by atoms with Gasteiger partial charge in [-0.15, -0.1) is 0 Å². The molecule has 0 amide bonds. The summed E-state index contributed by atoms with van der Waals surface area (Å²) in [7, 11) is 0. The summed E-state index contributed by atoms with van der Waals surface area (Å²) in [6, 6.07) is 9.21. The third-order valence-electron chi connectivity index (χ3n) is 2.74. The van der Waals surface area contributed by atoms with Crippen molar-refractivity contribution in [2.45, 2.75) is 6.18 Å². The summed E-state index contributed by atoms with van der Waals surface area (Å²) in [4.78, 5) is 10.7. The quantitative estimate of drug-likeness (QED) is 0.839. The highest BCUT2D eigenvalue weighted by Crippen LogP contribution is 2.39. The third kappa shape index (κ3) is 2.49. The molecule has 0 bridgehead atoms. The number of halogens is 4. The van der Waals surface area contributed by atoms with E-state index in [1.165, 1.54) is 24.3 Å². The molecule has 0 saturated carbocycles. The minimum absolute atomic E-state index is 0.163. The van der Waals surface area contributed by atoms with Gasteiger partial charge in [0.15, 0.2) is 5.82 Å². The molecular formula is C14H8F4O2. The summed E-state index contributed by atoms with van der Waals surface area (Å²) in [5, 5.41) is 8.71. The van der Waals surface area contributed by atoms with Gasteiger partial charge in [-0.25, -0.2) is 9.18 Å². The van der Waals surface area contributed by atoms with Crippen molar-refractivity contribution in [3.05, 3.63) is 59.4 Å². The average Bonchev–Trinajstić information content (AvgIpc) is 2.37. The predicted molar refractivity (Wildman–Crippen MR) is 63.8 cm³/mol. The van der Waals surface area contributed by atoms with Gasteiger partial charge in [-0.3, -0.25) is 0 Å². The number of alkyl halides is 3. The molecule has 0 radical (unpaired) electrons. The molecule has 0 unspecified atom stereocenters. The largest absolute Gasteiger partial charge is 0.478 e. The molecule has 0 heterocycles. The summed E-state index contributed by atoms with van der Waals surface area (Å²) < 4.78 is 52.9. The van der Waals surface area contributed by atoms with Crippen molar-refractivity contribution in [3.63, 3.8) is 0 Å². The van der Waals surface area contributed by atoms with Crippen LogP contribution in [0.1, 0.15) is 15.9 Å². The first-order chi connectivity index (χ1) is 9.32. The van der Waals surface area contributed by atoms with Crippen molar-refractivity contribution in [3.8, 4) is 11.1 Å². The highest BCUT2D eigenvalue weighted by molar-refractivity contribution is 5.89. The van der Waals surface area contributed by atoms with Crippen LogP contribution in [0.4, 0.5) is 17.6 Å². The zero-order valence-corrected chi connectivity index (χ0v) is 9.91. The minimum Gasteiger partial charge on any atom is -0.478 e. The van der Waals surface area contributed by atoms with Gasteiger partial charge in [-0.05, 0) is 17.2 Å². The molecule has 2 aromatic rings. The van der Waals surface area contributed by atoms with Gasteiger partial charge in [-0.2, -0.15) is 13.2 Å². The number of rotatable bonds is 2. The normalized spacial score (nSPS) is 11.4. The first-order valence-electron chi connectivity index (χ1n) is 5.51. The highest BCUT2D eigenvalue weighted by atomic mass is 19.4. The standard InChI is InChI=1S/C14H8F4O2/c15-12-10(13(19)20)7-6-9(11(12)14(16,17)18)8-4-2-1-3-5-8/h1-7H,(H,19,20). The summed E-state index contributed by atoms with van der Waals surface area (Å²) >= 11 is 0. The van der Waals surface area contributed by atoms with Crippen LogP contribution in [-0.4, -0.2) is 11.1 Å². The number of aromatic carboxylic acids is 1. The van der Waals surface area contributed by atoms with Gasteiger partial charge >= 0.3 is 12.1 Å². The van der Waals surface area contributed by atoms with Crippen molar-refractivity contribution in [1.29, 1.82) is 0 Å². The van der Waals surface area contributed by atoms with Crippen LogP contribution in [0.2, 0.25) is 0 Å². The Hall–Kier alpha value is -2.37. The van der Waals surface area contributed by atoms with Crippen LogP contribution < -0.4 is 0 Å². The Morgan fingerprint density at radius 1 is 1.00 bits per heavy atom. The first kappa shape index (κ1) is 14.0. The van der Waals surface area contributed by atoms with Crippen molar-refractivity contribution >= 4 is 5.97 Å². The van der Waals surface area contributed by atoms with E-state index in [1.807, 2.05) is 0 Å². The monoisotopic (exact) mass is 284 g/mol. The fourth-order valence-electron chi connectivity index (χ4n) is 1.88. The summed E-state index contributed by atoms with van der Waals surface area (Å²) in [5.41, 5.74) is -2.79. The Morgan fingerprint density at radius 2 is 1.60 bits per heavy atom. The summed E-state index contributed by atoms with van der Waals surface area (Å²) in [6.45, 7) is 0. The number of hydrogen-bond donors (Lipinski definition) is 1. The van der Waals surface area contributed by atoms with Crippen LogP contribution in [0.5, 0.6) is 0 Å². The molecule has 0 aromatic heterocycles. The molecule has 0 fully saturated rings. The number of hydrogen-bond acceptors (Lipinski definition) is 1. The Kier molecular flexibility index (Phi) is 3.48. The van der Waals surface area contributed by atoms with Gasteiger partial charge in [-0.1, -0.05) is 36.4 Å². The van der Waals surface area contributed by atoms with Gasteiger partial charge in [0.2, 0.25) is 0 Å². The molecule has 20 heavy (non-hydrogen) atoms. The average molecular weight is 284 g/mol. The molecule has 1 N–H and O–H groups in total. The number of carbonyl (C=O) groups is 1. The molecule has 2 nitrogen and oxygen atoms in total. The Labute approximate surface area is 111 Å². The molecular weight excluding hydrogens is 276 g/mol. The van der Waals surface area contributed by atoms with Gasteiger partial charge in [0.25, 0.3) is 0 Å². The predicted octanol–water partition coefficient (Wildman–Crippen LogP) is 4.21. The third-order valence-corrected chi connectivity index (χ3v) is 2.74. The van der Waals surface area contributed by atoms with Gasteiger partial charge in [0.05, 0.1) is 11.1 Å². The molecule has 0 saturated heterocycles. The number of benzene rings is 2.